The molecule has 1 aromatic carbocycles. The maximum absolute atomic E-state index is 12.6. The van der Waals surface area contributed by atoms with E-state index in [1.54, 1.807) is 18.3 Å². The summed E-state index contributed by atoms with van der Waals surface area (Å²) in [5.41, 5.74) is 2.33. The Labute approximate surface area is 157 Å². The van der Waals surface area contributed by atoms with Crippen LogP contribution >= 0.6 is 0 Å². The second-order valence-electron chi connectivity index (χ2n) is 6.14. The summed E-state index contributed by atoms with van der Waals surface area (Å²) in [7, 11) is 0. The van der Waals surface area contributed by atoms with Crippen molar-refractivity contribution in [3.63, 3.8) is 0 Å². The molecule has 0 unspecified atom stereocenters. The van der Waals surface area contributed by atoms with Crippen LogP contribution in [-0.2, 0) is 17.9 Å². The van der Waals surface area contributed by atoms with Gasteiger partial charge in [0.25, 0.3) is 5.56 Å². The number of ether oxygens (including phenoxy) is 1. The molecule has 0 spiro atoms. The lowest BCUT2D eigenvalue weighted by molar-refractivity contribution is -0.121. The summed E-state index contributed by atoms with van der Waals surface area (Å²) in [5, 5.41) is 3.40. The molecule has 0 aliphatic carbocycles. The van der Waals surface area contributed by atoms with Crippen LogP contribution in [0.1, 0.15) is 24.5 Å². The molecule has 2 aromatic heterocycles. The minimum absolute atomic E-state index is 0.137. The molecule has 3 aromatic rings. The number of hydrogen-bond acceptors (Lipinski definition) is 5. The van der Waals surface area contributed by atoms with Gasteiger partial charge in [-0.2, -0.15) is 0 Å². The van der Waals surface area contributed by atoms with Crippen molar-refractivity contribution in [3.8, 4) is 5.88 Å². The van der Waals surface area contributed by atoms with E-state index < -0.39 is 0 Å². The largest absolute Gasteiger partial charge is 0.478 e. The van der Waals surface area contributed by atoms with Crippen LogP contribution < -0.4 is 15.6 Å². The number of benzene rings is 1. The molecule has 0 fully saturated rings. The highest BCUT2D eigenvalue weighted by molar-refractivity contribution is 5.80. The fourth-order valence-electron chi connectivity index (χ4n) is 2.83. The van der Waals surface area contributed by atoms with Gasteiger partial charge in [0.15, 0.2) is 0 Å². The third-order valence-corrected chi connectivity index (χ3v) is 4.24. The van der Waals surface area contributed by atoms with Crippen molar-refractivity contribution in [2.75, 3.05) is 6.61 Å². The van der Waals surface area contributed by atoms with Gasteiger partial charge in [-0.25, -0.2) is 9.97 Å². The van der Waals surface area contributed by atoms with Gasteiger partial charge in [-0.1, -0.05) is 18.2 Å². The summed E-state index contributed by atoms with van der Waals surface area (Å²) in [6.07, 6.45) is 3.33. The molecule has 0 radical (unpaired) electrons. The Bertz CT molecular complexity index is 1010. The number of carbonyl (C=O) groups excluding carboxylic acids is 1. The number of nitrogens with zero attached hydrogens (tertiary/aromatic N) is 3. The van der Waals surface area contributed by atoms with Crippen molar-refractivity contribution in [1.82, 2.24) is 19.9 Å². The predicted octanol–water partition coefficient (Wildman–Crippen LogP) is 2.21. The maximum atomic E-state index is 12.6. The molecule has 7 heteroatoms. The van der Waals surface area contributed by atoms with Gasteiger partial charge in [-0.15, -0.1) is 0 Å². The van der Waals surface area contributed by atoms with Gasteiger partial charge < -0.3 is 10.1 Å². The Morgan fingerprint density at radius 3 is 2.89 bits per heavy atom. The molecule has 0 aliphatic rings. The molecule has 0 aliphatic heterocycles. The number of aromatic nitrogens is 3. The first kappa shape index (κ1) is 18.6. The quantitative estimate of drug-likeness (QED) is 0.693. The topological polar surface area (TPSA) is 86.1 Å². The third kappa shape index (κ3) is 4.31. The first-order valence-electron chi connectivity index (χ1n) is 8.88. The van der Waals surface area contributed by atoms with Crippen molar-refractivity contribution >= 4 is 16.8 Å². The van der Waals surface area contributed by atoms with Crippen LogP contribution in [0.15, 0.2) is 47.7 Å². The maximum Gasteiger partial charge on any atom is 0.261 e. The fourth-order valence-corrected chi connectivity index (χ4v) is 2.83. The van der Waals surface area contributed by atoms with Crippen LogP contribution in [0.25, 0.3) is 10.9 Å². The molecule has 0 atom stereocenters. The number of hydrogen-bond donors (Lipinski definition) is 1. The fraction of sp³-hybridized carbons (Fsp3) is 0.300. The average Bonchev–Trinajstić information content (AvgIpc) is 2.67. The first-order chi connectivity index (χ1) is 13.1. The molecule has 7 nitrogen and oxygen atoms in total. The molecule has 3 rings (SSSR count). The second kappa shape index (κ2) is 8.44. The zero-order valence-electron chi connectivity index (χ0n) is 15.4. The molecule has 0 bridgehead atoms. The standard InChI is InChI=1S/C20H22N4O3/c1-3-27-19-15(7-5-10-21-19)12-22-17(25)9-11-24-13-23-18-14(2)6-4-8-16(18)20(24)26/h4-8,10,13H,3,9,11-12H2,1-2H3,(H,22,25). The van der Waals surface area contributed by atoms with E-state index in [4.69, 9.17) is 4.74 Å². The summed E-state index contributed by atoms with van der Waals surface area (Å²) in [5.74, 6) is 0.364. The summed E-state index contributed by atoms with van der Waals surface area (Å²) in [4.78, 5) is 33.2. The summed E-state index contributed by atoms with van der Waals surface area (Å²) in [6, 6.07) is 9.17. The van der Waals surface area contributed by atoms with Gasteiger partial charge in [0, 0.05) is 31.3 Å². The highest BCUT2D eigenvalue weighted by Gasteiger charge is 2.09. The molecular weight excluding hydrogens is 344 g/mol. The highest BCUT2D eigenvalue weighted by Crippen LogP contribution is 2.14. The normalized spacial score (nSPS) is 10.7. The van der Waals surface area contributed by atoms with E-state index in [9.17, 15) is 9.59 Å². The van der Waals surface area contributed by atoms with Gasteiger partial charge in [0.1, 0.15) is 0 Å². The van der Waals surface area contributed by atoms with Crippen molar-refractivity contribution in [2.45, 2.75) is 33.4 Å². The Balaban J connectivity index is 1.62. The number of rotatable bonds is 7. The Kier molecular flexibility index (Phi) is 5.80. The van der Waals surface area contributed by atoms with Crippen molar-refractivity contribution in [1.29, 1.82) is 0 Å². The molecule has 0 saturated heterocycles. The number of amides is 1. The van der Waals surface area contributed by atoms with Crippen molar-refractivity contribution in [3.05, 3.63) is 64.3 Å². The van der Waals surface area contributed by atoms with Crippen LogP contribution in [0, 0.1) is 6.92 Å². The Hall–Kier alpha value is -3.22. The molecule has 1 N–H and O–H groups in total. The molecule has 140 valence electrons. The SMILES string of the molecule is CCOc1ncccc1CNC(=O)CCn1cnc2c(C)cccc2c1=O. The molecule has 2 heterocycles. The van der Waals surface area contributed by atoms with Gasteiger partial charge in [-0.3, -0.25) is 14.2 Å². The minimum Gasteiger partial charge on any atom is -0.478 e. The zero-order chi connectivity index (χ0) is 19.2. The van der Waals surface area contributed by atoms with E-state index in [0.29, 0.717) is 29.9 Å². The highest BCUT2D eigenvalue weighted by atomic mass is 16.5. The molecule has 27 heavy (non-hydrogen) atoms. The van der Waals surface area contributed by atoms with Crippen LogP contribution in [0.2, 0.25) is 0 Å². The van der Waals surface area contributed by atoms with Crippen LogP contribution in [0.3, 0.4) is 0 Å². The number of pyridine rings is 1. The molecule has 1 amide bonds. The average molecular weight is 366 g/mol. The second-order valence-corrected chi connectivity index (χ2v) is 6.14. The summed E-state index contributed by atoms with van der Waals surface area (Å²) < 4.78 is 6.92. The van der Waals surface area contributed by atoms with E-state index >= 15 is 0 Å². The Morgan fingerprint density at radius 1 is 1.22 bits per heavy atom. The van der Waals surface area contributed by atoms with E-state index in [2.05, 4.69) is 15.3 Å². The van der Waals surface area contributed by atoms with Gasteiger partial charge in [-0.05, 0) is 31.5 Å². The van der Waals surface area contributed by atoms with Gasteiger partial charge in [0.05, 0.1) is 23.8 Å². The minimum atomic E-state index is -0.155. The third-order valence-electron chi connectivity index (χ3n) is 4.24. The van der Waals surface area contributed by atoms with Gasteiger partial charge in [0.2, 0.25) is 11.8 Å². The van der Waals surface area contributed by atoms with E-state index in [-0.39, 0.29) is 24.4 Å². The van der Waals surface area contributed by atoms with Gasteiger partial charge >= 0.3 is 0 Å². The van der Waals surface area contributed by atoms with E-state index in [1.165, 1.54) is 10.9 Å². The lowest BCUT2D eigenvalue weighted by Gasteiger charge is -2.10. The number of nitrogens with one attached hydrogen (secondary N) is 1. The summed E-state index contributed by atoms with van der Waals surface area (Å²) >= 11 is 0. The van der Waals surface area contributed by atoms with E-state index in [0.717, 1.165) is 11.1 Å². The molecule has 0 saturated carbocycles. The number of carbonyl (C=O) groups is 1. The Morgan fingerprint density at radius 2 is 2.07 bits per heavy atom. The van der Waals surface area contributed by atoms with Crippen LogP contribution in [-0.4, -0.2) is 27.0 Å². The number of para-hydroxylation sites is 1. The lowest BCUT2D eigenvalue weighted by Crippen LogP contribution is -2.27. The summed E-state index contributed by atoms with van der Waals surface area (Å²) in [6.45, 7) is 4.91. The van der Waals surface area contributed by atoms with Crippen LogP contribution in [0.5, 0.6) is 5.88 Å². The van der Waals surface area contributed by atoms with Crippen molar-refractivity contribution in [2.24, 2.45) is 0 Å². The number of fused-ring (bicyclic) bond motifs is 1. The monoisotopic (exact) mass is 366 g/mol. The van der Waals surface area contributed by atoms with Crippen molar-refractivity contribution < 1.29 is 9.53 Å². The zero-order valence-corrected chi connectivity index (χ0v) is 15.4. The van der Waals surface area contributed by atoms with Crippen LogP contribution in [0.4, 0.5) is 0 Å². The van der Waals surface area contributed by atoms with E-state index in [1.807, 2.05) is 32.0 Å². The lowest BCUT2D eigenvalue weighted by atomic mass is 10.1. The number of aryl methyl sites for hydroxylation is 2. The smallest absolute Gasteiger partial charge is 0.261 e. The first-order valence-corrected chi connectivity index (χ1v) is 8.88. The predicted molar refractivity (Wildman–Crippen MR) is 103 cm³/mol. The molecular formula is C20H22N4O3.